The van der Waals surface area contributed by atoms with Gasteiger partial charge in [-0.3, -0.25) is 10.1 Å². The Morgan fingerprint density at radius 2 is 1.87 bits per heavy atom. The molecule has 2 aromatic carbocycles. The van der Waals surface area contributed by atoms with Gasteiger partial charge in [-0.05, 0) is 45.0 Å². The van der Waals surface area contributed by atoms with Crippen molar-refractivity contribution in [2.45, 2.75) is 32.8 Å². The Morgan fingerprint density at radius 1 is 1.13 bits per heavy atom. The van der Waals surface area contributed by atoms with Crippen molar-refractivity contribution >= 4 is 46.3 Å². The second-order valence-electron chi connectivity index (χ2n) is 7.67. The Bertz CT molecular complexity index is 1110. The number of halogens is 2. The lowest BCUT2D eigenvalue weighted by Crippen LogP contribution is -2.27. The molecule has 1 heterocycles. The normalized spacial score (nSPS) is 11.1. The number of hydrogen-bond acceptors (Lipinski definition) is 5. The first-order chi connectivity index (χ1) is 14.6. The van der Waals surface area contributed by atoms with Crippen LogP contribution in [0.1, 0.15) is 26.5 Å². The zero-order valence-electron chi connectivity index (χ0n) is 17.2. The van der Waals surface area contributed by atoms with Crippen molar-refractivity contribution in [3.63, 3.8) is 0 Å². The molecule has 0 spiro atoms. The molecule has 0 aliphatic rings. The van der Waals surface area contributed by atoms with E-state index in [1.807, 2.05) is 18.2 Å². The van der Waals surface area contributed by atoms with Gasteiger partial charge in [0.1, 0.15) is 16.4 Å². The highest BCUT2D eigenvalue weighted by Gasteiger charge is 2.18. The van der Waals surface area contributed by atoms with Gasteiger partial charge in [-0.1, -0.05) is 29.8 Å². The van der Waals surface area contributed by atoms with Crippen molar-refractivity contribution in [1.82, 2.24) is 4.98 Å². The molecule has 3 aromatic rings. The zero-order valence-corrected chi connectivity index (χ0v) is 18.7. The number of hydrogen-bond donors (Lipinski definition) is 2. The van der Waals surface area contributed by atoms with E-state index in [1.165, 1.54) is 23.5 Å². The topological polar surface area (TPSA) is 80.3 Å². The molecule has 0 aliphatic carbocycles. The van der Waals surface area contributed by atoms with E-state index in [4.69, 9.17) is 16.3 Å². The Hall–Kier alpha value is -2.97. The molecule has 0 atom stereocenters. The van der Waals surface area contributed by atoms with Gasteiger partial charge in [0.2, 0.25) is 5.91 Å². The molecule has 0 unspecified atom stereocenters. The summed E-state index contributed by atoms with van der Waals surface area (Å²) in [6.07, 6.45) is -0.734. The van der Waals surface area contributed by atoms with Gasteiger partial charge in [-0.15, -0.1) is 11.3 Å². The molecular weight excluding hydrogens is 441 g/mol. The number of thiazole rings is 1. The molecule has 31 heavy (non-hydrogen) atoms. The Labute approximate surface area is 188 Å². The van der Waals surface area contributed by atoms with Gasteiger partial charge in [-0.25, -0.2) is 14.2 Å². The standard InChI is InChI=1S/C22H21ClFN3O3S/c1-22(2,3)30-21(29)27-17-9-8-13(24)10-18(17)26-19(28)11-14-12-31-20(25-14)15-6-4-5-7-16(15)23/h4-10,12H,11H2,1-3H3,(H,26,28)(H,27,29). The van der Waals surface area contributed by atoms with E-state index in [9.17, 15) is 14.0 Å². The smallest absolute Gasteiger partial charge is 0.412 e. The number of nitrogens with zero attached hydrogens (tertiary/aromatic N) is 1. The minimum absolute atomic E-state index is 0.0245. The number of nitrogens with one attached hydrogen (secondary N) is 2. The molecule has 0 saturated heterocycles. The van der Waals surface area contributed by atoms with Crippen LogP contribution in [0.15, 0.2) is 47.8 Å². The number of ether oxygens (including phenoxy) is 1. The highest BCUT2D eigenvalue weighted by Crippen LogP contribution is 2.30. The summed E-state index contributed by atoms with van der Waals surface area (Å²) in [5, 5.41) is 8.18. The maximum Gasteiger partial charge on any atom is 0.412 e. The minimum Gasteiger partial charge on any atom is -0.444 e. The molecule has 0 saturated carbocycles. The van der Waals surface area contributed by atoms with Gasteiger partial charge in [0, 0.05) is 10.9 Å². The molecular formula is C22H21ClFN3O3S. The van der Waals surface area contributed by atoms with Crippen molar-refractivity contribution in [3.05, 3.63) is 64.4 Å². The van der Waals surface area contributed by atoms with E-state index in [1.54, 1.807) is 32.2 Å². The third-order valence-electron chi connectivity index (χ3n) is 3.89. The third-order valence-corrected chi connectivity index (χ3v) is 5.14. The molecule has 6 nitrogen and oxygen atoms in total. The quantitative estimate of drug-likeness (QED) is 0.479. The van der Waals surface area contributed by atoms with E-state index in [0.29, 0.717) is 15.7 Å². The number of carbonyl (C=O) groups excluding carboxylic acids is 2. The molecule has 162 valence electrons. The van der Waals surface area contributed by atoms with Crippen molar-refractivity contribution in [3.8, 4) is 10.6 Å². The van der Waals surface area contributed by atoms with Gasteiger partial charge < -0.3 is 10.1 Å². The van der Waals surface area contributed by atoms with Crippen molar-refractivity contribution < 1.29 is 18.7 Å². The van der Waals surface area contributed by atoms with Crippen LogP contribution in [-0.2, 0) is 16.0 Å². The number of benzene rings is 2. The van der Waals surface area contributed by atoms with Gasteiger partial charge in [0.15, 0.2) is 0 Å². The number of aromatic nitrogens is 1. The molecule has 1 aromatic heterocycles. The van der Waals surface area contributed by atoms with Crippen molar-refractivity contribution in [2.75, 3.05) is 10.6 Å². The van der Waals surface area contributed by atoms with Crippen LogP contribution in [0.25, 0.3) is 10.6 Å². The lowest BCUT2D eigenvalue weighted by Gasteiger charge is -2.20. The van der Waals surface area contributed by atoms with Crippen LogP contribution >= 0.6 is 22.9 Å². The number of carbonyl (C=O) groups is 2. The molecule has 0 radical (unpaired) electrons. The second-order valence-corrected chi connectivity index (χ2v) is 8.93. The largest absolute Gasteiger partial charge is 0.444 e. The molecule has 2 N–H and O–H groups in total. The van der Waals surface area contributed by atoms with Crippen molar-refractivity contribution in [2.24, 2.45) is 0 Å². The summed E-state index contributed by atoms with van der Waals surface area (Å²) in [5.41, 5.74) is 0.985. The SMILES string of the molecule is CC(C)(C)OC(=O)Nc1ccc(F)cc1NC(=O)Cc1csc(-c2ccccc2Cl)n1. The van der Waals surface area contributed by atoms with Crippen LogP contribution < -0.4 is 10.6 Å². The third kappa shape index (κ3) is 6.50. The first kappa shape index (κ1) is 22.7. The maximum atomic E-state index is 13.7. The number of anilines is 2. The van der Waals surface area contributed by atoms with Gasteiger partial charge in [-0.2, -0.15) is 0 Å². The van der Waals surface area contributed by atoms with E-state index in [0.717, 1.165) is 11.6 Å². The number of rotatable bonds is 5. The van der Waals surface area contributed by atoms with E-state index in [2.05, 4.69) is 15.6 Å². The lowest BCUT2D eigenvalue weighted by atomic mass is 10.2. The van der Waals surface area contributed by atoms with E-state index >= 15 is 0 Å². The molecule has 0 fully saturated rings. The predicted molar refractivity (Wildman–Crippen MR) is 121 cm³/mol. The van der Waals surface area contributed by atoms with Gasteiger partial charge >= 0.3 is 6.09 Å². The average Bonchev–Trinajstić information content (AvgIpc) is 3.11. The van der Waals surface area contributed by atoms with Crippen LogP contribution in [0.2, 0.25) is 5.02 Å². The average molecular weight is 462 g/mol. The Balaban J connectivity index is 1.70. The fraction of sp³-hybridized carbons (Fsp3) is 0.227. The fourth-order valence-electron chi connectivity index (χ4n) is 2.65. The number of amides is 2. The highest BCUT2D eigenvalue weighted by atomic mass is 35.5. The highest BCUT2D eigenvalue weighted by molar-refractivity contribution is 7.13. The molecule has 0 aliphatic heterocycles. The Kier molecular flexibility index (Phi) is 6.92. The van der Waals surface area contributed by atoms with Crippen molar-refractivity contribution in [1.29, 1.82) is 0 Å². The van der Waals surface area contributed by atoms with Crippen LogP contribution in [0, 0.1) is 5.82 Å². The van der Waals surface area contributed by atoms with Crippen LogP contribution in [-0.4, -0.2) is 22.6 Å². The lowest BCUT2D eigenvalue weighted by molar-refractivity contribution is -0.115. The monoisotopic (exact) mass is 461 g/mol. The van der Waals surface area contributed by atoms with Crippen LogP contribution in [0.5, 0.6) is 0 Å². The first-order valence-electron chi connectivity index (χ1n) is 9.39. The van der Waals surface area contributed by atoms with E-state index in [-0.39, 0.29) is 17.8 Å². The summed E-state index contributed by atoms with van der Waals surface area (Å²) in [6, 6.07) is 11.0. The summed E-state index contributed by atoms with van der Waals surface area (Å²) in [5.74, 6) is -0.964. The van der Waals surface area contributed by atoms with Crippen LogP contribution in [0.4, 0.5) is 20.6 Å². The molecule has 3 rings (SSSR count). The second kappa shape index (κ2) is 9.45. The van der Waals surface area contributed by atoms with Crippen LogP contribution in [0.3, 0.4) is 0 Å². The summed E-state index contributed by atoms with van der Waals surface area (Å²) in [7, 11) is 0. The minimum atomic E-state index is -0.710. The zero-order chi connectivity index (χ0) is 22.6. The summed E-state index contributed by atoms with van der Waals surface area (Å²) in [6.45, 7) is 5.18. The molecule has 9 heteroatoms. The fourth-order valence-corrected chi connectivity index (χ4v) is 3.79. The molecule has 2 amide bonds. The Morgan fingerprint density at radius 3 is 2.58 bits per heavy atom. The summed E-state index contributed by atoms with van der Waals surface area (Å²) >= 11 is 7.58. The van der Waals surface area contributed by atoms with Gasteiger partial charge in [0.05, 0.1) is 28.5 Å². The van der Waals surface area contributed by atoms with E-state index < -0.39 is 23.4 Å². The first-order valence-corrected chi connectivity index (χ1v) is 10.7. The summed E-state index contributed by atoms with van der Waals surface area (Å²) < 4.78 is 18.9. The predicted octanol–water partition coefficient (Wildman–Crippen LogP) is 6.13. The van der Waals surface area contributed by atoms with Gasteiger partial charge in [0.25, 0.3) is 0 Å². The maximum absolute atomic E-state index is 13.7. The molecule has 0 bridgehead atoms. The summed E-state index contributed by atoms with van der Waals surface area (Å²) in [4.78, 5) is 29.0.